The molecule has 0 N–H and O–H groups in total. The highest BCUT2D eigenvalue weighted by molar-refractivity contribution is 7.85. The van der Waals surface area contributed by atoms with Gasteiger partial charge in [0.1, 0.15) is 34.7 Å². The number of benzene rings is 2. The molecule has 1 saturated heterocycles. The van der Waals surface area contributed by atoms with E-state index in [1.165, 1.54) is 17.7 Å². The lowest BCUT2D eigenvalue weighted by Crippen LogP contribution is -2.32. The lowest BCUT2D eigenvalue weighted by molar-refractivity contribution is -0.197. The highest BCUT2D eigenvalue weighted by atomic mass is 32.2. The molecule has 0 radical (unpaired) electrons. The lowest BCUT2D eigenvalue weighted by Gasteiger charge is -2.27. The van der Waals surface area contributed by atoms with Crippen LogP contribution < -0.4 is 14.8 Å². The number of amides is 2. The molecule has 0 atom stereocenters. The normalized spacial score (nSPS) is 18.5. The van der Waals surface area contributed by atoms with Crippen molar-refractivity contribution >= 4 is 39.2 Å². The second kappa shape index (κ2) is 14.6. The minimum atomic E-state index is -4.66. The number of carbonyl (C=O) groups is 3. The fourth-order valence-corrected chi connectivity index (χ4v) is 7.89. The Morgan fingerprint density at radius 2 is 1.71 bits per heavy atom. The van der Waals surface area contributed by atoms with Crippen LogP contribution in [0.3, 0.4) is 0 Å². The van der Waals surface area contributed by atoms with Crippen LogP contribution in [-0.4, -0.2) is 55.5 Å². The Hall–Kier alpha value is -4.55. The van der Waals surface area contributed by atoms with Gasteiger partial charge in [0.15, 0.2) is 0 Å². The molecular weight excluding hydrogens is 671 g/mol. The van der Waals surface area contributed by atoms with Crippen molar-refractivity contribution in [3.8, 4) is 11.3 Å². The van der Waals surface area contributed by atoms with Crippen LogP contribution >= 0.6 is 0 Å². The quantitative estimate of drug-likeness (QED) is 0.106. The van der Waals surface area contributed by atoms with Crippen LogP contribution in [0.15, 0.2) is 69.6 Å². The number of hydrogen-bond donors (Lipinski definition) is 0. The van der Waals surface area contributed by atoms with Crippen molar-refractivity contribution in [3.63, 3.8) is 0 Å². The molecule has 0 unspecified atom stereocenters. The van der Waals surface area contributed by atoms with Crippen LogP contribution in [0.4, 0.5) is 5.69 Å². The maximum Gasteiger partial charge on any atom is 0.333 e. The number of hydroxylamine groups is 2. The van der Waals surface area contributed by atoms with Crippen LogP contribution in [0.1, 0.15) is 95.9 Å². The van der Waals surface area contributed by atoms with E-state index in [2.05, 4.69) is 59.7 Å². The van der Waals surface area contributed by atoms with E-state index in [4.69, 9.17) is 9.25 Å². The molecule has 12 heteroatoms. The molecule has 51 heavy (non-hydrogen) atoms. The van der Waals surface area contributed by atoms with Gasteiger partial charge >= 0.3 is 5.97 Å². The molecule has 2 amide bonds. The van der Waals surface area contributed by atoms with Crippen molar-refractivity contribution in [2.45, 2.75) is 95.8 Å². The molecule has 11 nitrogen and oxygen atoms in total. The van der Waals surface area contributed by atoms with Crippen LogP contribution in [0.2, 0.25) is 0 Å². The summed E-state index contributed by atoms with van der Waals surface area (Å²) in [5.41, 5.74) is 5.22. The number of anilines is 1. The number of aryl methyl sites for hydroxylation is 1. The SMILES string of the molecule is CC[N+](CC)=c1ccc2cc3c(oc-2c1)/C(=C/C=C1/N(CCCCCC(=O)ON2C(=O)CCC2=O)c2ccc(S(=O)(=O)[O-])cc2C1(C)C)CCC3. The number of imide groups is 1. The lowest BCUT2D eigenvalue weighted by atomic mass is 9.83. The zero-order valence-electron chi connectivity index (χ0n) is 29.7. The minimum Gasteiger partial charge on any atom is -0.744 e. The Bertz CT molecular complexity index is 2070. The van der Waals surface area contributed by atoms with E-state index in [1.807, 2.05) is 13.8 Å². The number of allylic oxidation sites excluding steroid dienone is 4. The van der Waals surface area contributed by atoms with E-state index in [0.717, 1.165) is 77.3 Å². The highest BCUT2D eigenvalue weighted by Crippen LogP contribution is 2.49. The van der Waals surface area contributed by atoms with Gasteiger partial charge in [-0.15, -0.1) is 5.06 Å². The summed E-state index contributed by atoms with van der Waals surface area (Å²) in [4.78, 5) is 42.8. The van der Waals surface area contributed by atoms with Crippen LogP contribution in [0, 0.1) is 0 Å². The monoisotopic (exact) mass is 715 g/mol. The van der Waals surface area contributed by atoms with E-state index < -0.39 is 33.3 Å². The molecule has 3 heterocycles. The Kier molecular flexibility index (Phi) is 10.4. The molecule has 0 spiro atoms. The van der Waals surface area contributed by atoms with Gasteiger partial charge in [0, 0.05) is 54.2 Å². The molecule has 0 aromatic heterocycles. The summed E-state index contributed by atoms with van der Waals surface area (Å²) in [6, 6.07) is 13.1. The summed E-state index contributed by atoms with van der Waals surface area (Å²) < 4.78 is 44.9. The fourth-order valence-electron chi connectivity index (χ4n) is 7.40. The Morgan fingerprint density at radius 1 is 0.961 bits per heavy atom. The summed E-state index contributed by atoms with van der Waals surface area (Å²) >= 11 is 0. The maximum atomic E-state index is 12.3. The van der Waals surface area contributed by atoms with Gasteiger partial charge in [0.25, 0.3) is 11.8 Å². The number of rotatable bonds is 11. The van der Waals surface area contributed by atoms with Gasteiger partial charge in [0.05, 0.1) is 11.0 Å². The Morgan fingerprint density at radius 3 is 2.41 bits per heavy atom. The van der Waals surface area contributed by atoms with Crippen molar-refractivity contribution in [1.29, 1.82) is 0 Å². The third-order valence-electron chi connectivity index (χ3n) is 10.2. The molecular formula is C39H45N3O8S. The number of hydrogen-bond acceptors (Lipinski definition) is 9. The minimum absolute atomic E-state index is 0.0462. The van der Waals surface area contributed by atoms with Crippen LogP contribution in [-0.2, 0) is 41.2 Å². The van der Waals surface area contributed by atoms with Crippen molar-refractivity contribution in [3.05, 3.63) is 82.6 Å². The predicted octanol–water partition coefficient (Wildman–Crippen LogP) is 5.67. The molecule has 1 fully saturated rings. The summed E-state index contributed by atoms with van der Waals surface area (Å²) in [7, 11) is -4.66. The zero-order chi connectivity index (χ0) is 36.5. The summed E-state index contributed by atoms with van der Waals surface area (Å²) in [5, 5.41) is 1.69. The molecule has 270 valence electrons. The molecule has 1 aromatic rings. The molecule has 0 saturated carbocycles. The second-order valence-electron chi connectivity index (χ2n) is 13.9. The van der Waals surface area contributed by atoms with Gasteiger partial charge in [-0.2, -0.15) is 0 Å². The van der Waals surface area contributed by atoms with Gasteiger partial charge in [-0.3, -0.25) is 9.59 Å². The number of unbranched alkanes of at least 4 members (excludes halogenated alkanes) is 2. The fraction of sp³-hybridized carbons (Fsp3) is 0.436. The largest absolute Gasteiger partial charge is 0.744 e. The third kappa shape index (κ3) is 7.43. The molecule has 2 aliphatic carbocycles. The average Bonchev–Trinajstić information content (AvgIpc) is 3.52. The first-order valence-electron chi connectivity index (χ1n) is 17.8. The van der Waals surface area contributed by atoms with Crippen LogP contribution in [0.5, 0.6) is 0 Å². The summed E-state index contributed by atoms with van der Waals surface area (Å²) in [6.45, 7) is 10.7. The van der Waals surface area contributed by atoms with Gasteiger partial charge in [-0.1, -0.05) is 26.3 Å². The Labute approximate surface area is 298 Å². The van der Waals surface area contributed by atoms with Crippen molar-refractivity contribution in [1.82, 2.24) is 9.64 Å². The molecule has 5 aliphatic rings. The first-order chi connectivity index (χ1) is 24.3. The van der Waals surface area contributed by atoms with Crippen molar-refractivity contribution in [2.75, 3.05) is 24.5 Å². The number of nitrogens with zero attached hydrogens (tertiary/aromatic N) is 3. The maximum absolute atomic E-state index is 12.3. The van der Waals surface area contributed by atoms with Gasteiger partial charge in [-0.25, -0.2) is 17.8 Å². The molecule has 1 aromatic carbocycles. The average molecular weight is 716 g/mol. The van der Waals surface area contributed by atoms with Gasteiger partial charge in [0.2, 0.25) is 5.36 Å². The molecule has 0 bridgehead atoms. The van der Waals surface area contributed by atoms with E-state index in [-0.39, 0.29) is 24.2 Å². The second-order valence-corrected chi connectivity index (χ2v) is 15.2. The van der Waals surface area contributed by atoms with Crippen molar-refractivity contribution in [2.24, 2.45) is 0 Å². The van der Waals surface area contributed by atoms with E-state index in [1.54, 1.807) is 6.07 Å². The topological polar surface area (TPSA) is 140 Å². The third-order valence-corrected chi connectivity index (χ3v) is 11.0. The van der Waals surface area contributed by atoms with Gasteiger partial charge in [-0.05, 0) is 99.1 Å². The molecule has 3 aliphatic heterocycles. The van der Waals surface area contributed by atoms with Crippen molar-refractivity contribution < 1.29 is 36.6 Å². The number of carbonyl (C=O) groups excluding carboxylic acids is 3. The summed E-state index contributed by atoms with van der Waals surface area (Å²) in [6.07, 6.45) is 8.97. The predicted molar refractivity (Wildman–Crippen MR) is 191 cm³/mol. The first kappa shape index (κ1) is 36.2. The molecule has 6 rings (SSSR count). The van der Waals surface area contributed by atoms with E-state index >= 15 is 0 Å². The number of fused-ring (bicyclic) bond motifs is 3. The van der Waals surface area contributed by atoms with Gasteiger partial charge < -0.3 is 18.7 Å². The van der Waals surface area contributed by atoms with E-state index in [9.17, 15) is 27.4 Å². The standard InChI is InChI=1S/C39H45N3O8S/c1-5-40(6-2)29-16-14-27-23-28-12-10-11-26(38(28)49-33(27)24-29)15-19-34-39(3,4)31-25-30(51(46,47)48)17-18-32(31)41(34)22-9-7-8-13-37(45)50-42-35(43)20-21-36(42)44/h14-19,23-25H,5-13,20-22H2,1-4H3. The first-order valence-corrected chi connectivity index (χ1v) is 19.2. The zero-order valence-corrected chi connectivity index (χ0v) is 30.5. The Balaban J connectivity index is 1.27. The van der Waals surface area contributed by atoms with Crippen LogP contribution in [0.25, 0.3) is 16.9 Å². The summed E-state index contributed by atoms with van der Waals surface area (Å²) in [5.74, 6) is 0.0805. The highest BCUT2D eigenvalue weighted by Gasteiger charge is 2.40. The smallest absolute Gasteiger partial charge is 0.333 e. The van der Waals surface area contributed by atoms with E-state index in [0.29, 0.717) is 30.9 Å².